The van der Waals surface area contributed by atoms with Gasteiger partial charge >= 0.3 is 6.18 Å². The lowest BCUT2D eigenvalue weighted by Gasteiger charge is -2.07. The van der Waals surface area contributed by atoms with Gasteiger partial charge in [-0.3, -0.25) is 14.2 Å². The molecule has 2 heterocycles. The highest BCUT2D eigenvalue weighted by Gasteiger charge is 2.34. The molecule has 0 radical (unpaired) electrons. The number of aromatic nitrogens is 2. The average molecular weight is 393 g/mol. The quantitative estimate of drug-likeness (QED) is 0.737. The van der Waals surface area contributed by atoms with Crippen LogP contribution in [0, 0.1) is 6.92 Å². The summed E-state index contributed by atoms with van der Waals surface area (Å²) in [6, 6.07) is 11.1. The number of alkyl halides is 3. The first-order valence-electron chi connectivity index (χ1n) is 7.86. The second kappa shape index (κ2) is 7.36. The van der Waals surface area contributed by atoms with Crippen LogP contribution in [0.1, 0.15) is 26.5 Å². The summed E-state index contributed by atoms with van der Waals surface area (Å²) in [6.45, 7) is 1.87. The van der Waals surface area contributed by atoms with Crippen molar-refractivity contribution in [2.45, 2.75) is 19.6 Å². The Morgan fingerprint density at radius 3 is 2.56 bits per heavy atom. The molecule has 0 fully saturated rings. The first-order valence-corrected chi connectivity index (χ1v) is 8.68. The van der Waals surface area contributed by atoms with Crippen LogP contribution < -0.4 is 10.9 Å². The van der Waals surface area contributed by atoms with E-state index in [-0.39, 0.29) is 10.0 Å². The summed E-state index contributed by atoms with van der Waals surface area (Å²) in [4.78, 5) is 28.8. The number of thiazole rings is 1. The Balaban J connectivity index is 1.87. The number of hydrogen-bond acceptors (Lipinski definition) is 4. The maximum atomic E-state index is 12.9. The Kier molecular flexibility index (Phi) is 5.13. The van der Waals surface area contributed by atoms with Gasteiger partial charge in [0.15, 0.2) is 5.13 Å². The molecule has 0 aliphatic heterocycles. The standard InChI is InChI=1S/C18H14F3N3O2S/c1-11-14(15(25)22-10-12-6-3-2-4-7-12)27-17(23-11)24-9-5-8-13(16(24)26)18(19,20)21/h2-9H,10H2,1H3,(H,22,25). The molecular weight excluding hydrogens is 379 g/mol. The van der Waals surface area contributed by atoms with E-state index in [1.165, 1.54) is 6.20 Å². The van der Waals surface area contributed by atoms with Gasteiger partial charge in [-0.15, -0.1) is 0 Å². The van der Waals surface area contributed by atoms with E-state index >= 15 is 0 Å². The zero-order valence-electron chi connectivity index (χ0n) is 14.1. The van der Waals surface area contributed by atoms with Crippen molar-refractivity contribution in [1.29, 1.82) is 0 Å². The average Bonchev–Trinajstić information content (AvgIpc) is 3.01. The largest absolute Gasteiger partial charge is 0.421 e. The molecule has 1 N–H and O–H groups in total. The van der Waals surface area contributed by atoms with Crippen molar-refractivity contribution >= 4 is 17.2 Å². The van der Waals surface area contributed by atoms with Gasteiger partial charge in [-0.1, -0.05) is 41.7 Å². The number of carbonyl (C=O) groups excluding carboxylic acids is 1. The molecule has 3 rings (SSSR count). The summed E-state index contributed by atoms with van der Waals surface area (Å²) in [5.41, 5.74) is -1.27. The van der Waals surface area contributed by atoms with Crippen LogP contribution in [0.5, 0.6) is 0 Å². The lowest BCUT2D eigenvalue weighted by atomic mass is 10.2. The van der Waals surface area contributed by atoms with Crippen LogP contribution in [-0.4, -0.2) is 15.5 Å². The van der Waals surface area contributed by atoms with Crippen molar-refractivity contribution in [3.8, 4) is 5.13 Å². The molecule has 0 saturated heterocycles. The Labute approximate surface area is 156 Å². The van der Waals surface area contributed by atoms with Crippen molar-refractivity contribution in [3.05, 3.63) is 80.7 Å². The zero-order chi connectivity index (χ0) is 19.6. The van der Waals surface area contributed by atoms with Gasteiger partial charge in [-0.05, 0) is 24.6 Å². The number of pyridine rings is 1. The first-order chi connectivity index (χ1) is 12.8. The molecule has 1 aromatic carbocycles. The van der Waals surface area contributed by atoms with Crippen molar-refractivity contribution in [3.63, 3.8) is 0 Å². The van der Waals surface area contributed by atoms with Gasteiger partial charge in [0.25, 0.3) is 11.5 Å². The fraction of sp³-hybridized carbons (Fsp3) is 0.167. The second-order valence-electron chi connectivity index (χ2n) is 5.67. The number of benzene rings is 1. The summed E-state index contributed by atoms with van der Waals surface area (Å²) in [5.74, 6) is -0.403. The van der Waals surface area contributed by atoms with Crippen molar-refractivity contribution in [1.82, 2.24) is 14.9 Å². The molecule has 0 spiro atoms. The molecule has 5 nitrogen and oxygen atoms in total. The lowest BCUT2D eigenvalue weighted by Crippen LogP contribution is -2.26. The molecular formula is C18H14F3N3O2S. The molecule has 2 aromatic heterocycles. The number of carbonyl (C=O) groups is 1. The first kappa shape index (κ1) is 18.8. The number of hydrogen-bond donors (Lipinski definition) is 1. The van der Waals surface area contributed by atoms with Crippen molar-refractivity contribution in [2.75, 3.05) is 0 Å². The Bertz CT molecular complexity index is 1030. The van der Waals surface area contributed by atoms with Gasteiger partial charge in [0, 0.05) is 12.7 Å². The second-order valence-corrected chi connectivity index (χ2v) is 6.65. The van der Waals surface area contributed by atoms with Gasteiger partial charge < -0.3 is 5.32 Å². The predicted molar refractivity (Wildman–Crippen MR) is 95.1 cm³/mol. The van der Waals surface area contributed by atoms with Crippen LogP contribution in [0.15, 0.2) is 53.5 Å². The van der Waals surface area contributed by atoms with Crippen LogP contribution >= 0.6 is 11.3 Å². The minimum Gasteiger partial charge on any atom is -0.347 e. The molecule has 0 unspecified atom stereocenters. The number of halogens is 3. The van der Waals surface area contributed by atoms with Gasteiger partial charge in [0.2, 0.25) is 0 Å². The molecule has 0 aliphatic carbocycles. The highest BCUT2D eigenvalue weighted by atomic mass is 32.1. The summed E-state index contributed by atoms with van der Waals surface area (Å²) >= 11 is 0.862. The highest BCUT2D eigenvalue weighted by molar-refractivity contribution is 7.16. The van der Waals surface area contributed by atoms with E-state index in [0.717, 1.165) is 27.5 Å². The highest BCUT2D eigenvalue weighted by Crippen LogP contribution is 2.27. The summed E-state index contributed by atoms with van der Waals surface area (Å²) in [5, 5.41) is 2.74. The fourth-order valence-electron chi connectivity index (χ4n) is 2.41. The number of nitrogens with one attached hydrogen (secondary N) is 1. The molecule has 0 bridgehead atoms. The van der Waals surface area contributed by atoms with Gasteiger partial charge in [-0.2, -0.15) is 13.2 Å². The Morgan fingerprint density at radius 2 is 1.89 bits per heavy atom. The smallest absolute Gasteiger partial charge is 0.347 e. The van der Waals surface area contributed by atoms with E-state index < -0.39 is 23.2 Å². The normalized spacial score (nSPS) is 11.4. The Morgan fingerprint density at radius 1 is 1.19 bits per heavy atom. The van der Waals surface area contributed by atoms with Crippen LogP contribution in [0.4, 0.5) is 13.2 Å². The van der Waals surface area contributed by atoms with Crippen LogP contribution in [0.2, 0.25) is 0 Å². The van der Waals surface area contributed by atoms with Crippen LogP contribution in [0.3, 0.4) is 0 Å². The maximum Gasteiger partial charge on any atom is 0.421 e. The topological polar surface area (TPSA) is 64.0 Å². The Hall–Kier alpha value is -2.94. The number of aryl methyl sites for hydroxylation is 1. The van der Waals surface area contributed by atoms with Gasteiger partial charge in [0.05, 0.1) is 5.69 Å². The molecule has 0 atom stereocenters. The molecule has 0 aliphatic rings. The molecule has 1 amide bonds. The van der Waals surface area contributed by atoms with E-state index in [2.05, 4.69) is 10.3 Å². The van der Waals surface area contributed by atoms with Crippen molar-refractivity contribution < 1.29 is 18.0 Å². The van der Waals surface area contributed by atoms with Gasteiger partial charge in [0.1, 0.15) is 10.4 Å². The summed E-state index contributed by atoms with van der Waals surface area (Å²) in [7, 11) is 0. The molecule has 140 valence electrons. The molecule has 0 saturated carbocycles. The fourth-order valence-corrected chi connectivity index (χ4v) is 3.38. The van der Waals surface area contributed by atoms with E-state index in [4.69, 9.17) is 0 Å². The number of rotatable bonds is 4. The van der Waals surface area contributed by atoms with E-state index in [1.54, 1.807) is 6.92 Å². The minimum atomic E-state index is -4.76. The third-order valence-electron chi connectivity index (χ3n) is 3.75. The number of amides is 1. The van der Waals surface area contributed by atoms with E-state index in [9.17, 15) is 22.8 Å². The zero-order valence-corrected chi connectivity index (χ0v) is 14.9. The van der Waals surface area contributed by atoms with E-state index in [0.29, 0.717) is 18.3 Å². The monoisotopic (exact) mass is 393 g/mol. The molecule has 27 heavy (non-hydrogen) atoms. The minimum absolute atomic E-state index is 0.00783. The van der Waals surface area contributed by atoms with Crippen LogP contribution in [0.25, 0.3) is 5.13 Å². The summed E-state index contributed by atoms with van der Waals surface area (Å²) in [6.07, 6.45) is -3.57. The van der Waals surface area contributed by atoms with E-state index in [1.807, 2.05) is 30.3 Å². The van der Waals surface area contributed by atoms with Gasteiger partial charge in [-0.25, -0.2) is 4.98 Å². The predicted octanol–water partition coefficient (Wildman–Crippen LogP) is 3.55. The summed E-state index contributed by atoms with van der Waals surface area (Å²) < 4.78 is 39.6. The van der Waals surface area contributed by atoms with Crippen molar-refractivity contribution in [2.24, 2.45) is 0 Å². The third kappa shape index (κ3) is 4.08. The third-order valence-corrected chi connectivity index (χ3v) is 4.90. The maximum absolute atomic E-state index is 12.9. The van der Waals surface area contributed by atoms with Crippen LogP contribution in [-0.2, 0) is 12.7 Å². The molecule has 9 heteroatoms. The SMILES string of the molecule is Cc1nc(-n2cccc(C(F)(F)F)c2=O)sc1C(=O)NCc1ccccc1. The number of nitrogens with zero attached hydrogens (tertiary/aromatic N) is 2. The molecule has 3 aromatic rings. The lowest BCUT2D eigenvalue weighted by molar-refractivity contribution is -0.138.